The van der Waals surface area contributed by atoms with Gasteiger partial charge in [0.1, 0.15) is 0 Å². The highest BCUT2D eigenvalue weighted by molar-refractivity contribution is 5.87. The summed E-state index contributed by atoms with van der Waals surface area (Å²) in [5, 5.41) is 10.9. The number of anilines is 1. The van der Waals surface area contributed by atoms with E-state index in [0.29, 0.717) is 18.5 Å². The number of carbonyl (C=O) groups is 2. The monoisotopic (exact) mass is 222 g/mol. The molecule has 0 aromatic heterocycles. The van der Waals surface area contributed by atoms with Gasteiger partial charge in [-0.05, 0) is 30.5 Å². The summed E-state index contributed by atoms with van der Waals surface area (Å²) in [6, 6.07) is 6.56. The second-order valence-electron chi connectivity index (χ2n) is 3.43. The molecule has 5 nitrogen and oxygen atoms in total. The van der Waals surface area contributed by atoms with Gasteiger partial charge in [-0.3, -0.25) is 4.79 Å². The van der Waals surface area contributed by atoms with Gasteiger partial charge in [0, 0.05) is 12.1 Å². The van der Waals surface area contributed by atoms with Crippen molar-refractivity contribution in [3.63, 3.8) is 0 Å². The third-order valence-electron chi connectivity index (χ3n) is 2.08. The van der Waals surface area contributed by atoms with Crippen molar-refractivity contribution in [2.75, 3.05) is 5.32 Å². The molecule has 4 N–H and O–H groups in total. The molecule has 0 spiro atoms. The summed E-state index contributed by atoms with van der Waals surface area (Å²) in [7, 11) is 0. The molecule has 0 heterocycles. The summed E-state index contributed by atoms with van der Waals surface area (Å²) >= 11 is 0. The van der Waals surface area contributed by atoms with Gasteiger partial charge >= 0.3 is 12.0 Å². The van der Waals surface area contributed by atoms with Gasteiger partial charge in [-0.1, -0.05) is 12.1 Å². The van der Waals surface area contributed by atoms with Crippen LogP contribution >= 0.6 is 0 Å². The summed E-state index contributed by atoms with van der Waals surface area (Å²) in [5.74, 6) is -0.785. The number of aliphatic carboxylic acids is 1. The molecule has 16 heavy (non-hydrogen) atoms. The molecule has 86 valence electrons. The van der Waals surface area contributed by atoms with Crippen molar-refractivity contribution < 1.29 is 14.7 Å². The summed E-state index contributed by atoms with van der Waals surface area (Å²) in [6.07, 6.45) is 1.49. The van der Waals surface area contributed by atoms with Gasteiger partial charge in [0.15, 0.2) is 0 Å². The normalized spacial score (nSPS) is 9.75. The van der Waals surface area contributed by atoms with Gasteiger partial charge in [0.25, 0.3) is 0 Å². The van der Waals surface area contributed by atoms with Crippen LogP contribution in [0, 0.1) is 0 Å². The zero-order valence-corrected chi connectivity index (χ0v) is 8.77. The smallest absolute Gasteiger partial charge is 0.316 e. The van der Waals surface area contributed by atoms with E-state index in [9.17, 15) is 9.59 Å². The van der Waals surface area contributed by atoms with E-state index in [1.807, 2.05) is 12.1 Å². The fourth-order valence-electron chi connectivity index (χ4n) is 1.34. The number of primary amides is 1. The Balaban J connectivity index is 2.45. The minimum atomic E-state index is -0.785. The number of benzene rings is 1. The number of hydrogen-bond acceptors (Lipinski definition) is 2. The number of nitrogens with two attached hydrogens (primary N) is 1. The molecular formula is C11H14N2O3. The lowest BCUT2D eigenvalue weighted by molar-refractivity contribution is -0.137. The molecule has 5 heteroatoms. The van der Waals surface area contributed by atoms with Crippen molar-refractivity contribution in [2.24, 2.45) is 5.73 Å². The highest BCUT2D eigenvalue weighted by Crippen LogP contribution is 2.11. The van der Waals surface area contributed by atoms with Crippen LogP contribution in [0.25, 0.3) is 0 Å². The standard InChI is InChI=1S/C11H14N2O3/c12-11(16)13-9-6-4-8(5-7-9)2-1-3-10(14)15/h4-7H,1-3H2,(H,14,15)(H3,12,13,16). The highest BCUT2D eigenvalue weighted by atomic mass is 16.4. The Morgan fingerprint density at radius 1 is 1.25 bits per heavy atom. The number of amides is 2. The number of carboxylic acid groups (broad SMARTS) is 1. The van der Waals surface area contributed by atoms with Crippen molar-refractivity contribution in [1.82, 2.24) is 0 Å². The third kappa shape index (κ3) is 4.45. The van der Waals surface area contributed by atoms with E-state index in [4.69, 9.17) is 10.8 Å². The first-order chi connectivity index (χ1) is 7.58. The Morgan fingerprint density at radius 3 is 2.38 bits per heavy atom. The van der Waals surface area contributed by atoms with Crippen LogP contribution in [-0.2, 0) is 11.2 Å². The van der Waals surface area contributed by atoms with E-state index in [0.717, 1.165) is 5.56 Å². The molecule has 0 radical (unpaired) electrons. The van der Waals surface area contributed by atoms with Gasteiger partial charge in [0.2, 0.25) is 0 Å². The second kappa shape index (κ2) is 5.75. The molecule has 0 aliphatic carbocycles. The summed E-state index contributed by atoms with van der Waals surface area (Å²) in [4.78, 5) is 20.9. The van der Waals surface area contributed by atoms with Crippen LogP contribution in [0.2, 0.25) is 0 Å². The Labute approximate surface area is 93.3 Å². The van der Waals surface area contributed by atoms with E-state index in [1.165, 1.54) is 0 Å². The molecule has 0 fully saturated rings. The van der Waals surface area contributed by atoms with Crippen molar-refractivity contribution >= 4 is 17.7 Å². The first-order valence-electron chi connectivity index (χ1n) is 4.95. The van der Waals surface area contributed by atoms with Gasteiger partial charge in [-0.25, -0.2) is 4.79 Å². The van der Waals surface area contributed by atoms with E-state index in [2.05, 4.69) is 5.32 Å². The van der Waals surface area contributed by atoms with Crippen LogP contribution in [0.1, 0.15) is 18.4 Å². The number of hydrogen-bond donors (Lipinski definition) is 3. The molecule has 0 aliphatic rings. The first kappa shape index (κ1) is 12.0. The minimum Gasteiger partial charge on any atom is -0.481 e. The molecule has 0 unspecified atom stereocenters. The average molecular weight is 222 g/mol. The Kier molecular flexibility index (Phi) is 4.32. The summed E-state index contributed by atoms with van der Waals surface area (Å²) < 4.78 is 0. The van der Waals surface area contributed by atoms with Crippen LogP contribution in [0.3, 0.4) is 0 Å². The van der Waals surface area contributed by atoms with E-state index in [1.54, 1.807) is 12.1 Å². The summed E-state index contributed by atoms with van der Waals surface area (Å²) in [5.41, 5.74) is 6.63. The number of carboxylic acids is 1. The Hall–Kier alpha value is -2.04. The van der Waals surface area contributed by atoms with E-state index < -0.39 is 12.0 Å². The van der Waals surface area contributed by atoms with Gasteiger partial charge in [-0.2, -0.15) is 0 Å². The molecule has 1 rings (SSSR count). The van der Waals surface area contributed by atoms with Crippen molar-refractivity contribution in [1.29, 1.82) is 0 Å². The van der Waals surface area contributed by atoms with Crippen LogP contribution in [-0.4, -0.2) is 17.1 Å². The molecule has 1 aromatic carbocycles. The number of urea groups is 1. The van der Waals surface area contributed by atoms with E-state index >= 15 is 0 Å². The Bertz CT molecular complexity index is 373. The number of nitrogens with one attached hydrogen (secondary N) is 1. The molecule has 0 atom stereocenters. The van der Waals surface area contributed by atoms with E-state index in [-0.39, 0.29) is 6.42 Å². The van der Waals surface area contributed by atoms with Gasteiger partial charge in [-0.15, -0.1) is 0 Å². The lowest BCUT2D eigenvalue weighted by Crippen LogP contribution is -2.19. The van der Waals surface area contributed by atoms with Crippen molar-refractivity contribution in [2.45, 2.75) is 19.3 Å². The number of rotatable bonds is 5. The first-order valence-corrected chi connectivity index (χ1v) is 4.95. The van der Waals surface area contributed by atoms with Crippen molar-refractivity contribution in [3.8, 4) is 0 Å². The maximum atomic E-state index is 10.5. The predicted octanol–water partition coefficient (Wildman–Crippen LogP) is 1.58. The maximum absolute atomic E-state index is 10.5. The molecule has 0 aliphatic heterocycles. The molecule has 2 amide bonds. The SMILES string of the molecule is NC(=O)Nc1ccc(CCCC(=O)O)cc1. The van der Waals surface area contributed by atoms with Gasteiger partial charge in [0.05, 0.1) is 0 Å². The predicted molar refractivity (Wildman–Crippen MR) is 60.2 cm³/mol. The second-order valence-corrected chi connectivity index (χ2v) is 3.43. The third-order valence-corrected chi connectivity index (χ3v) is 2.08. The average Bonchev–Trinajstić information content (AvgIpc) is 2.19. The molecule has 0 saturated heterocycles. The van der Waals surface area contributed by atoms with Gasteiger partial charge < -0.3 is 16.2 Å². The molecular weight excluding hydrogens is 208 g/mol. The zero-order valence-electron chi connectivity index (χ0n) is 8.77. The fraction of sp³-hybridized carbons (Fsp3) is 0.273. The Morgan fingerprint density at radius 2 is 1.88 bits per heavy atom. The minimum absolute atomic E-state index is 0.168. The zero-order chi connectivity index (χ0) is 12.0. The molecule has 1 aromatic rings. The molecule has 0 bridgehead atoms. The maximum Gasteiger partial charge on any atom is 0.316 e. The largest absolute Gasteiger partial charge is 0.481 e. The van der Waals surface area contributed by atoms with Crippen LogP contribution in [0.15, 0.2) is 24.3 Å². The number of carbonyl (C=O) groups excluding carboxylic acids is 1. The highest BCUT2D eigenvalue weighted by Gasteiger charge is 1.99. The van der Waals surface area contributed by atoms with Crippen LogP contribution in [0.5, 0.6) is 0 Å². The number of aryl methyl sites for hydroxylation is 1. The van der Waals surface area contributed by atoms with Crippen LogP contribution in [0.4, 0.5) is 10.5 Å². The fourth-order valence-corrected chi connectivity index (χ4v) is 1.34. The molecule has 0 saturated carbocycles. The quantitative estimate of drug-likeness (QED) is 0.706. The van der Waals surface area contributed by atoms with Crippen LogP contribution < -0.4 is 11.1 Å². The summed E-state index contributed by atoms with van der Waals surface area (Å²) in [6.45, 7) is 0. The lowest BCUT2D eigenvalue weighted by Gasteiger charge is -2.03. The lowest BCUT2D eigenvalue weighted by atomic mass is 10.1. The topological polar surface area (TPSA) is 92.4 Å². The van der Waals surface area contributed by atoms with Crippen molar-refractivity contribution in [3.05, 3.63) is 29.8 Å².